The molecule has 1 aromatic heterocycles. The summed E-state index contributed by atoms with van der Waals surface area (Å²) in [5.41, 5.74) is 2.25. The van der Waals surface area contributed by atoms with Crippen LogP contribution in [-0.4, -0.2) is 34.1 Å². The fraction of sp³-hybridized carbons (Fsp3) is 0.789. The van der Waals surface area contributed by atoms with E-state index in [0.29, 0.717) is 23.7 Å². The molecule has 3 unspecified atom stereocenters. The lowest BCUT2D eigenvalue weighted by molar-refractivity contribution is -0.134. The van der Waals surface area contributed by atoms with Gasteiger partial charge in [-0.1, -0.05) is 32.1 Å². The minimum absolute atomic E-state index is 0.345. The second-order valence-corrected chi connectivity index (χ2v) is 8.00. The van der Waals surface area contributed by atoms with Crippen LogP contribution in [0.15, 0.2) is 6.07 Å². The van der Waals surface area contributed by atoms with E-state index in [9.17, 15) is 4.79 Å². The summed E-state index contributed by atoms with van der Waals surface area (Å²) in [6.45, 7) is 3.87. The molecule has 4 nitrogen and oxygen atoms in total. The largest absolute Gasteiger partial charge is 0.342 e. The Morgan fingerprint density at radius 1 is 1.22 bits per heavy atom. The zero-order chi connectivity index (χ0) is 15.8. The summed E-state index contributed by atoms with van der Waals surface area (Å²) < 4.78 is 0. The quantitative estimate of drug-likeness (QED) is 0.925. The lowest BCUT2D eigenvalue weighted by Crippen LogP contribution is -2.40. The minimum atomic E-state index is 0.345. The number of nitrogens with one attached hydrogen (secondary N) is 1. The first-order valence-electron chi connectivity index (χ1n) is 9.53. The number of aryl methyl sites for hydroxylation is 1. The molecule has 1 amide bonds. The zero-order valence-corrected chi connectivity index (χ0v) is 14.3. The molecular weight excluding hydrogens is 286 g/mol. The van der Waals surface area contributed by atoms with Gasteiger partial charge in [-0.25, -0.2) is 0 Å². The highest BCUT2D eigenvalue weighted by Gasteiger charge is 2.49. The summed E-state index contributed by atoms with van der Waals surface area (Å²) in [7, 11) is 0. The lowest BCUT2D eigenvalue weighted by Gasteiger charge is -2.32. The normalized spacial score (nSPS) is 32.0. The highest BCUT2D eigenvalue weighted by atomic mass is 16.2. The second kappa shape index (κ2) is 6.29. The summed E-state index contributed by atoms with van der Waals surface area (Å²) in [6, 6.07) is 2.14. The highest BCUT2D eigenvalue weighted by molar-refractivity contribution is 5.82. The predicted octanol–water partition coefficient (Wildman–Crippen LogP) is 3.64. The molecule has 1 saturated heterocycles. The number of rotatable bonds is 3. The van der Waals surface area contributed by atoms with Crippen molar-refractivity contribution in [2.45, 2.75) is 64.2 Å². The molecule has 1 aromatic rings. The Balaban J connectivity index is 1.35. The van der Waals surface area contributed by atoms with Gasteiger partial charge in [0.2, 0.25) is 5.91 Å². The molecule has 23 heavy (non-hydrogen) atoms. The molecule has 0 aromatic carbocycles. The van der Waals surface area contributed by atoms with Crippen molar-refractivity contribution in [3.8, 4) is 0 Å². The molecule has 0 spiro atoms. The topological polar surface area (TPSA) is 49.0 Å². The SMILES string of the molecule is Cc1cc(C2CCCN(C(=O)C3CC3C3CCCCC3)C2)n[nH]1. The monoisotopic (exact) mass is 315 g/mol. The molecule has 1 aliphatic heterocycles. The number of H-pyrrole nitrogens is 1. The summed E-state index contributed by atoms with van der Waals surface area (Å²) in [6.07, 6.45) is 10.3. The van der Waals surface area contributed by atoms with E-state index in [1.165, 1.54) is 32.1 Å². The van der Waals surface area contributed by atoms with Gasteiger partial charge in [-0.15, -0.1) is 0 Å². The van der Waals surface area contributed by atoms with Gasteiger partial charge in [0.25, 0.3) is 0 Å². The predicted molar refractivity (Wildman–Crippen MR) is 90.1 cm³/mol. The van der Waals surface area contributed by atoms with Crippen LogP contribution in [0.5, 0.6) is 0 Å². The Morgan fingerprint density at radius 3 is 2.78 bits per heavy atom. The Bertz CT molecular complexity index is 561. The maximum Gasteiger partial charge on any atom is 0.226 e. The number of carbonyl (C=O) groups excluding carboxylic acids is 1. The molecule has 0 bridgehead atoms. The van der Waals surface area contributed by atoms with Gasteiger partial charge in [-0.05, 0) is 44.1 Å². The van der Waals surface area contributed by atoms with Gasteiger partial charge in [0.1, 0.15) is 0 Å². The average Bonchev–Trinajstić information content (AvgIpc) is 3.29. The van der Waals surface area contributed by atoms with E-state index in [1.807, 2.05) is 6.92 Å². The summed E-state index contributed by atoms with van der Waals surface area (Å²) in [4.78, 5) is 15.0. The number of likely N-dealkylation sites (tertiary alicyclic amines) is 1. The fourth-order valence-corrected chi connectivity index (χ4v) is 4.88. The Morgan fingerprint density at radius 2 is 2.04 bits per heavy atom. The van der Waals surface area contributed by atoms with Crippen molar-refractivity contribution in [3.63, 3.8) is 0 Å². The van der Waals surface area contributed by atoms with E-state index < -0.39 is 0 Å². The lowest BCUT2D eigenvalue weighted by atomic mass is 9.85. The highest BCUT2D eigenvalue weighted by Crippen LogP contribution is 2.50. The van der Waals surface area contributed by atoms with Crippen LogP contribution in [0.4, 0.5) is 0 Å². The van der Waals surface area contributed by atoms with Crippen molar-refractivity contribution in [1.82, 2.24) is 15.1 Å². The van der Waals surface area contributed by atoms with E-state index in [-0.39, 0.29) is 0 Å². The number of hydrogen-bond acceptors (Lipinski definition) is 2. The van der Waals surface area contributed by atoms with Gasteiger partial charge in [0.15, 0.2) is 0 Å². The summed E-state index contributed by atoms with van der Waals surface area (Å²) >= 11 is 0. The van der Waals surface area contributed by atoms with E-state index in [1.54, 1.807) is 0 Å². The molecule has 3 atom stereocenters. The molecule has 1 N–H and O–H groups in total. The fourth-order valence-electron chi connectivity index (χ4n) is 4.88. The standard InChI is InChI=1S/C19H29N3O/c1-13-10-18(21-20-13)15-8-5-9-22(12-15)19(23)17-11-16(17)14-6-3-2-4-7-14/h10,14-17H,2-9,11-12H2,1H3,(H,20,21). The minimum Gasteiger partial charge on any atom is -0.342 e. The first-order valence-corrected chi connectivity index (χ1v) is 9.53. The number of hydrogen-bond donors (Lipinski definition) is 1. The molecule has 4 heteroatoms. The van der Waals surface area contributed by atoms with Crippen molar-refractivity contribution in [3.05, 3.63) is 17.5 Å². The van der Waals surface area contributed by atoms with Crippen LogP contribution in [0.3, 0.4) is 0 Å². The van der Waals surface area contributed by atoms with Crippen LogP contribution in [-0.2, 0) is 4.79 Å². The van der Waals surface area contributed by atoms with Gasteiger partial charge in [-0.2, -0.15) is 5.10 Å². The molecule has 2 heterocycles. The molecule has 2 saturated carbocycles. The first-order chi connectivity index (χ1) is 11.2. The third-order valence-electron chi connectivity index (χ3n) is 6.29. The van der Waals surface area contributed by atoms with Crippen LogP contribution >= 0.6 is 0 Å². The molecular formula is C19H29N3O. The Labute approximate surface area is 139 Å². The van der Waals surface area contributed by atoms with E-state index in [0.717, 1.165) is 49.7 Å². The van der Waals surface area contributed by atoms with Crippen molar-refractivity contribution < 1.29 is 4.79 Å². The zero-order valence-electron chi connectivity index (χ0n) is 14.3. The Hall–Kier alpha value is -1.32. The molecule has 0 radical (unpaired) electrons. The van der Waals surface area contributed by atoms with E-state index in [2.05, 4.69) is 21.2 Å². The summed E-state index contributed by atoms with van der Waals surface area (Å²) in [5.74, 6) is 2.75. The van der Waals surface area contributed by atoms with Crippen molar-refractivity contribution in [2.75, 3.05) is 13.1 Å². The molecule has 3 fully saturated rings. The third-order valence-corrected chi connectivity index (χ3v) is 6.29. The van der Waals surface area contributed by atoms with Crippen LogP contribution in [0.1, 0.15) is 68.7 Å². The van der Waals surface area contributed by atoms with Crippen LogP contribution in [0.25, 0.3) is 0 Å². The van der Waals surface area contributed by atoms with Gasteiger partial charge >= 0.3 is 0 Å². The second-order valence-electron chi connectivity index (χ2n) is 8.00. The van der Waals surface area contributed by atoms with Crippen LogP contribution < -0.4 is 0 Å². The van der Waals surface area contributed by atoms with Gasteiger partial charge in [0, 0.05) is 30.6 Å². The molecule has 2 aliphatic carbocycles. The van der Waals surface area contributed by atoms with Gasteiger partial charge < -0.3 is 4.90 Å². The molecule has 3 aliphatic rings. The van der Waals surface area contributed by atoms with Crippen molar-refractivity contribution in [1.29, 1.82) is 0 Å². The van der Waals surface area contributed by atoms with Crippen molar-refractivity contribution in [2.24, 2.45) is 17.8 Å². The van der Waals surface area contributed by atoms with Crippen LogP contribution in [0.2, 0.25) is 0 Å². The molecule has 4 rings (SSSR count). The van der Waals surface area contributed by atoms with Crippen LogP contribution in [0, 0.1) is 24.7 Å². The third kappa shape index (κ3) is 3.17. The summed E-state index contributed by atoms with van der Waals surface area (Å²) in [5, 5.41) is 7.46. The number of aromatic amines is 1. The number of carbonyl (C=O) groups is 1. The molecule has 126 valence electrons. The van der Waals surface area contributed by atoms with Gasteiger partial charge in [0.05, 0.1) is 5.69 Å². The van der Waals surface area contributed by atoms with E-state index in [4.69, 9.17) is 0 Å². The number of aromatic nitrogens is 2. The maximum atomic E-state index is 12.9. The smallest absolute Gasteiger partial charge is 0.226 e. The van der Waals surface area contributed by atoms with E-state index >= 15 is 0 Å². The number of piperidine rings is 1. The number of amides is 1. The maximum absolute atomic E-state index is 12.9. The first kappa shape index (κ1) is 15.2. The Kier molecular flexibility index (Phi) is 4.16. The number of nitrogens with zero attached hydrogens (tertiary/aromatic N) is 2. The van der Waals surface area contributed by atoms with Gasteiger partial charge in [-0.3, -0.25) is 9.89 Å². The average molecular weight is 315 g/mol. The van der Waals surface area contributed by atoms with Crippen molar-refractivity contribution >= 4 is 5.91 Å².